The van der Waals surface area contributed by atoms with Gasteiger partial charge in [-0.3, -0.25) is 14.7 Å². The fourth-order valence-electron chi connectivity index (χ4n) is 4.91. The summed E-state index contributed by atoms with van der Waals surface area (Å²) < 4.78 is 10.9. The number of ether oxygens (including phenoxy) is 2. The molecule has 5 heterocycles. The van der Waals surface area contributed by atoms with Crippen molar-refractivity contribution in [3.8, 4) is 5.88 Å². The largest absolute Gasteiger partial charge is 0.481 e. The zero-order valence-electron chi connectivity index (χ0n) is 20.1. The molecule has 2 saturated heterocycles. The predicted octanol–water partition coefficient (Wildman–Crippen LogP) is 1.85. The Kier molecular flexibility index (Phi) is 6.22. The number of fused-ring (bicyclic) bond motifs is 2. The molecule has 2 amide bonds. The van der Waals surface area contributed by atoms with Crippen molar-refractivity contribution < 1.29 is 24.2 Å². The molecule has 3 aliphatic heterocycles. The second-order valence-electron chi connectivity index (χ2n) is 9.17. The minimum absolute atomic E-state index is 0.0560. The number of pyridine rings is 2. The molecule has 3 aliphatic rings. The number of hydrogen-bond acceptors (Lipinski definition) is 10. The van der Waals surface area contributed by atoms with Gasteiger partial charge in [-0.25, -0.2) is 9.78 Å². The van der Waals surface area contributed by atoms with Crippen molar-refractivity contribution in [2.75, 3.05) is 54.2 Å². The highest BCUT2D eigenvalue weighted by Crippen LogP contribution is 2.35. The fourth-order valence-corrected chi connectivity index (χ4v) is 5.70. The SMILES string of the molecule is COc1ccc2nccc(N3C[C@@H](O)[C@H](NC[C@@H]4CN(c5ccc6c(c5)NC(=O)CS6)C(=O)O4)C3)c2n1. The van der Waals surface area contributed by atoms with Crippen molar-refractivity contribution in [1.29, 1.82) is 0 Å². The number of thioether (sulfide) groups is 1. The number of benzene rings is 1. The van der Waals surface area contributed by atoms with E-state index in [-0.39, 0.29) is 18.1 Å². The molecular weight excluding hydrogens is 496 g/mol. The topological polar surface area (TPSA) is 129 Å². The number of carbonyl (C=O) groups excluding carboxylic acids is 2. The van der Waals surface area contributed by atoms with E-state index in [4.69, 9.17) is 9.47 Å². The van der Waals surface area contributed by atoms with Gasteiger partial charge in [0.05, 0.1) is 48.4 Å². The number of amides is 2. The third-order valence-corrected chi connectivity index (χ3v) is 7.84. The van der Waals surface area contributed by atoms with Crippen LogP contribution in [0.15, 0.2) is 47.5 Å². The predicted molar refractivity (Wildman–Crippen MR) is 140 cm³/mol. The van der Waals surface area contributed by atoms with E-state index in [9.17, 15) is 14.7 Å². The summed E-state index contributed by atoms with van der Waals surface area (Å²) in [4.78, 5) is 37.9. The van der Waals surface area contributed by atoms with Crippen molar-refractivity contribution >= 4 is 51.9 Å². The van der Waals surface area contributed by atoms with E-state index in [1.165, 1.54) is 11.8 Å². The zero-order chi connectivity index (χ0) is 25.5. The lowest BCUT2D eigenvalue weighted by Crippen LogP contribution is -2.43. The van der Waals surface area contributed by atoms with Crippen LogP contribution < -0.4 is 25.2 Å². The van der Waals surface area contributed by atoms with Gasteiger partial charge in [0.25, 0.3) is 0 Å². The highest BCUT2D eigenvalue weighted by atomic mass is 32.2. The number of cyclic esters (lactones) is 1. The molecule has 3 aromatic rings. The Balaban J connectivity index is 1.10. The van der Waals surface area contributed by atoms with E-state index < -0.39 is 12.2 Å². The molecule has 3 atom stereocenters. The number of aliphatic hydroxyl groups excluding tert-OH is 1. The maximum absolute atomic E-state index is 12.6. The van der Waals surface area contributed by atoms with E-state index in [0.717, 1.165) is 21.6 Å². The van der Waals surface area contributed by atoms with Crippen LogP contribution in [0.3, 0.4) is 0 Å². The summed E-state index contributed by atoms with van der Waals surface area (Å²) in [6.45, 7) is 1.77. The highest BCUT2D eigenvalue weighted by molar-refractivity contribution is 8.00. The fraction of sp³-hybridized carbons (Fsp3) is 0.360. The summed E-state index contributed by atoms with van der Waals surface area (Å²) in [5.41, 5.74) is 3.73. The number of rotatable bonds is 6. The van der Waals surface area contributed by atoms with Gasteiger partial charge in [0.1, 0.15) is 11.6 Å². The Hall–Kier alpha value is -3.61. The third kappa shape index (κ3) is 4.63. The van der Waals surface area contributed by atoms with Crippen molar-refractivity contribution in [2.24, 2.45) is 0 Å². The first-order valence-corrected chi connectivity index (χ1v) is 13.0. The molecule has 0 saturated carbocycles. The number of anilines is 3. The zero-order valence-corrected chi connectivity index (χ0v) is 20.9. The van der Waals surface area contributed by atoms with Gasteiger partial charge in [-0.2, -0.15) is 0 Å². The molecule has 192 valence electrons. The Morgan fingerprint density at radius 3 is 2.97 bits per heavy atom. The van der Waals surface area contributed by atoms with E-state index in [2.05, 4.69) is 25.5 Å². The first kappa shape index (κ1) is 23.8. The molecule has 0 spiro atoms. The lowest BCUT2D eigenvalue weighted by molar-refractivity contribution is -0.113. The minimum atomic E-state index is -0.608. The average Bonchev–Trinajstić information content (AvgIpc) is 3.47. The van der Waals surface area contributed by atoms with Gasteiger partial charge in [0, 0.05) is 42.5 Å². The number of nitrogens with one attached hydrogen (secondary N) is 2. The van der Waals surface area contributed by atoms with Crippen LogP contribution in [-0.2, 0) is 9.53 Å². The van der Waals surface area contributed by atoms with Crippen molar-refractivity contribution in [2.45, 2.75) is 23.1 Å². The summed E-state index contributed by atoms with van der Waals surface area (Å²) in [6, 6.07) is 10.9. The molecule has 37 heavy (non-hydrogen) atoms. The summed E-state index contributed by atoms with van der Waals surface area (Å²) in [6.07, 6.45) is 0.319. The Morgan fingerprint density at radius 2 is 2.11 bits per heavy atom. The first-order chi connectivity index (χ1) is 18.0. The minimum Gasteiger partial charge on any atom is -0.481 e. The number of aliphatic hydroxyl groups is 1. The lowest BCUT2D eigenvalue weighted by atomic mass is 10.2. The maximum atomic E-state index is 12.6. The van der Waals surface area contributed by atoms with E-state index in [0.29, 0.717) is 49.2 Å². The first-order valence-electron chi connectivity index (χ1n) is 12.0. The second kappa shape index (κ2) is 9.69. The second-order valence-corrected chi connectivity index (χ2v) is 10.2. The van der Waals surface area contributed by atoms with Crippen LogP contribution in [0.25, 0.3) is 11.0 Å². The van der Waals surface area contributed by atoms with Crippen LogP contribution in [0.2, 0.25) is 0 Å². The summed E-state index contributed by atoms with van der Waals surface area (Å²) >= 11 is 1.47. The van der Waals surface area contributed by atoms with Crippen LogP contribution in [-0.4, -0.2) is 84.4 Å². The summed E-state index contributed by atoms with van der Waals surface area (Å²) in [5, 5.41) is 17.0. The van der Waals surface area contributed by atoms with Gasteiger partial charge in [0.15, 0.2) is 0 Å². The van der Waals surface area contributed by atoms with Crippen molar-refractivity contribution in [3.05, 3.63) is 42.6 Å². The smallest absolute Gasteiger partial charge is 0.414 e. The average molecular weight is 523 g/mol. The van der Waals surface area contributed by atoms with Gasteiger partial charge in [-0.05, 0) is 30.3 Å². The molecule has 6 rings (SSSR count). The molecule has 11 nitrogen and oxygen atoms in total. The van der Waals surface area contributed by atoms with Gasteiger partial charge in [-0.1, -0.05) is 0 Å². The third-order valence-electron chi connectivity index (χ3n) is 6.77. The van der Waals surface area contributed by atoms with Crippen LogP contribution in [0.5, 0.6) is 5.88 Å². The molecule has 1 aromatic carbocycles. The van der Waals surface area contributed by atoms with E-state index in [1.54, 1.807) is 30.3 Å². The van der Waals surface area contributed by atoms with Crippen molar-refractivity contribution in [1.82, 2.24) is 15.3 Å². The van der Waals surface area contributed by atoms with Crippen molar-refractivity contribution in [3.63, 3.8) is 0 Å². The molecular formula is C25H26N6O5S. The number of nitrogens with zero attached hydrogens (tertiary/aromatic N) is 4. The van der Waals surface area contributed by atoms with E-state index >= 15 is 0 Å². The number of methoxy groups -OCH3 is 1. The Labute approximate surface area is 217 Å². The monoisotopic (exact) mass is 522 g/mol. The standard InChI is InChI=1S/C25H26N6O5S/c1-35-23-5-3-16-24(29-23)19(6-7-26-16)30-11-18(20(32)12-30)27-9-15-10-31(25(34)36-15)14-2-4-21-17(8-14)28-22(33)13-37-21/h2-8,15,18,20,27,32H,9-13H2,1H3,(H,28,33)/t15-,18-,20-/m1/s1. The highest BCUT2D eigenvalue weighted by Gasteiger charge is 2.36. The van der Waals surface area contributed by atoms with Gasteiger partial charge < -0.3 is 30.1 Å². The van der Waals surface area contributed by atoms with Crippen LogP contribution in [0.1, 0.15) is 0 Å². The molecule has 0 radical (unpaired) electrons. The summed E-state index contributed by atoms with van der Waals surface area (Å²) in [7, 11) is 1.57. The number of carbonyl (C=O) groups is 2. The Bertz CT molecular complexity index is 1370. The molecule has 12 heteroatoms. The molecule has 2 fully saturated rings. The van der Waals surface area contributed by atoms with Crippen LogP contribution in [0, 0.1) is 0 Å². The molecule has 0 bridgehead atoms. The molecule has 2 aromatic heterocycles. The Morgan fingerprint density at radius 1 is 1.22 bits per heavy atom. The van der Waals surface area contributed by atoms with Gasteiger partial charge in [0.2, 0.25) is 11.8 Å². The van der Waals surface area contributed by atoms with E-state index in [1.807, 2.05) is 24.3 Å². The number of hydrogen-bond donors (Lipinski definition) is 3. The van der Waals surface area contributed by atoms with Crippen LogP contribution >= 0.6 is 11.8 Å². The van der Waals surface area contributed by atoms with Gasteiger partial charge in [-0.15, -0.1) is 11.8 Å². The summed E-state index contributed by atoms with van der Waals surface area (Å²) in [5.74, 6) is 0.835. The normalized spacial score (nSPS) is 23.2. The molecule has 3 N–H and O–H groups in total. The number of aromatic nitrogens is 2. The molecule has 0 unspecified atom stereocenters. The number of β-amino-alcohol motifs (C(OH)–C–C–N with tert-alkyl or cyclic N) is 1. The lowest BCUT2D eigenvalue weighted by Gasteiger charge is -2.21. The van der Waals surface area contributed by atoms with Gasteiger partial charge >= 0.3 is 6.09 Å². The maximum Gasteiger partial charge on any atom is 0.414 e. The van der Waals surface area contributed by atoms with Crippen LogP contribution in [0.4, 0.5) is 21.9 Å². The quantitative estimate of drug-likeness (QED) is 0.441. The molecule has 0 aliphatic carbocycles.